The number of sulfonamides is 1. The van der Waals surface area contributed by atoms with Crippen molar-refractivity contribution in [1.29, 1.82) is 0 Å². The fraction of sp³-hybridized carbons (Fsp3) is 0.240. The Hall–Kier alpha value is -3.72. The molecule has 0 aromatic heterocycles. The van der Waals surface area contributed by atoms with Crippen molar-refractivity contribution >= 4 is 27.3 Å². The molecule has 178 valence electrons. The molecular weight excluding hydrogens is 454 g/mol. The number of nitro benzene ring substituents is 1. The average Bonchev–Trinajstić information content (AvgIpc) is 2.82. The number of nitrogens with one attached hydrogen (secondary N) is 1. The first-order valence-electron chi connectivity index (χ1n) is 10.8. The molecule has 0 saturated heterocycles. The number of hydrogen-bond acceptors (Lipinski definition) is 5. The smallest absolute Gasteiger partial charge is 0.271 e. The first kappa shape index (κ1) is 24.9. The monoisotopic (exact) mass is 481 g/mol. The van der Waals surface area contributed by atoms with Crippen LogP contribution in [0.5, 0.6) is 0 Å². The van der Waals surface area contributed by atoms with Gasteiger partial charge in [-0.3, -0.25) is 19.2 Å². The number of nitrogens with zero attached hydrogens (tertiary/aromatic N) is 2. The van der Waals surface area contributed by atoms with Gasteiger partial charge in [0.15, 0.2) is 0 Å². The summed E-state index contributed by atoms with van der Waals surface area (Å²) < 4.78 is 27.8. The van der Waals surface area contributed by atoms with E-state index in [9.17, 15) is 23.3 Å². The molecule has 0 aliphatic rings. The molecule has 8 nitrogen and oxygen atoms in total. The van der Waals surface area contributed by atoms with Gasteiger partial charge < -0.3 is 5.32 Å². The van der Waals surface area contributed by atoms with E-state index in [-0.39, 0.29) is 22.3 Å². The van der Waals surface area contributed by atoms with E-state index in [2.05, 4.69) is 5.32 Å². The molecule has 3 rings (SSSR count). The number of rotatable bonds is 9. The number of non-ortho nitro benzene ring substituents is 1. The van der Waals surface area contributed by atoms with Crippen LogP contribution in [0.2, 0.25) is 0 Å². The van der Waals surface area contributed by atoms with Crippen molar-refractivity contribution in [3.63, 3.8) is 0 Å². The van der Waals surface area contributed by atoms with Gasteiger partial charge >= 0.3 is 0 Å². The Balaban J connectivity index is 1.96. The number of benzene rings is 3. The van der Waals surface area contributed by atoms with Crippen LogP contribution in [0.3, 0.4) is 0 Å². The summed E-state index contributed by atoms with van der Waals surface area (Å²) in [6.45, 7) is 5.36. The van der Waals surface area contributed by atoms with Crippen LogP contribution in [-0.4, -0.2) is 25.8 Å². The van der Waals surface area contributed by atoms with Crippen molar-refractivity contribution in [1.82, 2.24) is 5.32 Å². The second kappa shape index (κ2) is 10.5. The highest BCUT2D eigenvalue weighted by atomic mass is 32.2. The maximum atomic E-state index is 13.4. The molecule has 1 unspecified atom stereocenters. The molecule has 0 radical (unpaired) electrons. The number of carbonyl (C=O) groups is 1. The maximum Gasteiger partial charge on any atom is 0.271 e. The Kier molecular flexibility index (Phi) is 7.68. The minimum Gasteiger partial charge on any atom is -0.348 e. The summed E-state index contributed by atoms with van der Waals surface area (Å²) >= 11 is 0. The standard InChI is InChI=1S/C25H27N3O5S/c1-4-24(23-14-13-18(2)15-19(23)3)26-25(29)17-27(20-9-8-10-21(16-20)28(30)31)34(32,33)22-11-6-5-7-12-22/h5-16,24H,4,17H2,1-3H3,(H,26,29). The normalized spacial score (nSPS) is 12.1. The highest BCUT2D eigenvalue weighted by Crippen LogP contribution is 2.27. The molecule has 1 N–H and O–H groups in total. The number of aryl methyl sites for hydroxylation is 2. The van der Waals surface area contributed by atoms with Crippen LogP contribution in [0.1, 0.15) is 36.1 Å². The lowest BCUT2D eigenvalue weighted by atomic mass is 9.97. The van der Waals surface area contributed by atoms with E-state index in [1.165, 1.54) is 30.3 Å². The van der Waals surface area contributed by atoms with Crippen LogP contribution < -0.4 is 9.62 Å². The molecule has 0 spiro atoms. The third kappa shape index (κ3) is 5.60. The molecule has 0 saturated carbocycles. The van der Waals surface area contributed by atoms with E-state index in [4.69, 9.17) is 0 Å². The third-order valence-corrected chi connectivity index (χ3v) is 7.28. The fourth-order valence-corrected chi connectivity index (χ4v) is 5.22. The number of nitro groups is 1. The number of carbonyl (C=O) groups excluding carboxylic acids is 1. The molecule has 0 fully saturated rings. The van der Waals surface area contributed by atoms with Gasteiger partial charge in [-0.15, -0.1) is 0 Å². The summed E-state index contributed by atoms with van der Waals surface area (Å²) in [4.78, 5) is 23.7. The minimum atomic E-state index is -4.16. The van der Waals surface area contributed by atoms with Crippen LogP contribution >= 0.6 is 0 Å². The van der Waals surface area contributed by atoms with Crippen LogP contribution in [0, 0.1) is 24.0 Å². The van der Waals surface area contributed by atoms with Gasteiger partial charge in [0.2, 0.25) is 5.91 Å². The SMILES string of the molecule is CCC(NC(=O)CN(c1cccc([N+](=O)[O-])c1)S(=O)(=O)c1ccccc1)c1ccc(C)cc1C. The largest absolute Gasteiger partial charge is 0.348 e. The van der Waals surface area contributed by atoms with Crippen LogP contribution in [-0.2, 0) is 14.8 Å². The van der Waals surface area contributed by atoms with Gasteiger partial charge in [0.25, 0.3) is 15.7 Å². The van der Waals surface area contributed by atoms with Gasteiger partial charge in [-0.2, -0.15) is 0 Å². The van der Waals surface area contributed by atoms with Crippen molar-refractivity contribution in [3.8, 4) is 0 Å². The van der Waals surface area contributed by atoms with Gasteiger partial charge in [0, 0.05) is 12.1 Å². The molecule has 1 amide bonds. The second-order valence-corrected chi connectivity index (χ2v) is 9.85. The molecule has 1 atom stereocenters. The topological polar surface area (TPSA) is 110 Å². The molecule has 3 aromatic carbocycles. The predicted octanol–water partition coefficient (Wildman–Crippen LogP) is 4.67. The van der Waals surface area contributed by atoms with E-state index < -0.39 is 27.4 Å². The minimum absolute atomic E-state index is 0.0178. The van der Waals surface area contributed by atoms with Crippen molar-refractivity contribution in [2.75, 3.05) is 10.8 Å². The summed E-state index contributed by atoms with van der Waals surface area (Å²) in [6.07, 6.45) is 0.609. The van der Waals surface area contributed by atoms with Gasteiger partial charge in [0.05, 0.1) is 21.5 Å². The van der Waals surface area contributed by atoms with Crippen molar-refractivity contribution in [3.05, 3.63) is 99.6 Å². The lowest BCUT2D eigenvalue weighted by molar-refractivity contribution is -0.384. The zero-order valence-corrected chi connectivity index (χ0v) is 20.1. The summed E-state index contributed by atoms with van der Waals surface area (Å²) in [7, 11) is -4.16. The Labute approximate surface area is 199 Å². The van der Waals surface area contributed by atoms with Crippen LogP contribution in [0.25, 0.3) is 0 Å². The highest BCUT2D eigenvalue weighted by Gasteiger charge is 2.29. The fourth-order valence-electron chi connectivity index (χ4n) is 3.78. The molecule has 0 aliphatic heterocycles. The molecule has 34 heavy (non-hydrogen) atoms. The van der Waals surface area contributed by atoms with Gasteiger partial charge in [-0.1, -0.05) is 55.0 Å². The van der Waals surface area contributed by atoms with Crippen molar-refractivity contribution < 1.29 is 18.1 Å². The highest BCUT2D eigenvalue weighted by molar-refractivity contribution is 7.92. The van der Waals surface area contributed by atoms with Crippen molar-refractivity contribution in [2.24, 2.45) is 0 Å². The van der Waals surface area contributed by atoms with E-state index >= 15 is 0 Å². The lowest BCUT2D eigenvalue weighted by Crippen LogP contribution is -2.42. The van der Waals surface area contributed by atoms with Crippen LogP contribution in [0.4, 0.5) is 11.4 Å². The van der Waals surface area contributed by atoms with E-state index in [0.29, 0.717) is 6.42 Å². The Bertz CT molecular complexity index is 1290. The Morgan fingerprint density at radius 1 is 1.03 bits per heavy atom. The zero-order chi connectivity index (χ0) is 24.9. The van der Waals surface area contributed by atoms with E-state index in [1.54, 1.807) is 18.2 Å². The van der Waals surface area contributed by atoms with E-state index in [0.717, 1.165) is 27.1 Å². The van der Waals surface area contributed by atoms with E-state index in [1.807, 2.05) is 39.0 Å². The molecule has 3 aromatic rings. The number of anilines is 1. The first-order valence-corrected chi connectivity index (χ1v) is 12.3. The summed E-state index contributed by atoms with van der Waals surface area (Å²) in [5.74, 6) is -0.516. The number of hydrogen-bond donors (Lipinski definition) is 1. The molecule has 0 aliphatic carbocycles. The van der Waals surface area contributed by atoms with Crippen molar-refractivity contribution in [2.45, 2.75) is 38.1 Å². The van der Waals surface area contributed by atoms with Gasteiger partial charge in [-0.25, -0.2) is 8.42 Å². The summed E-state index contributed by atoms with van der Waals surface area (Å²) in [5, 5.41) is 14.2. The number of amides is 1. The Morgan fingerprint density at radius 3 is 2.35 bits per heavy atom. The van der Waals surface area contributed by atoms with Gasteiger partial charge in [0.1, 0.15) is 6.54 Å². The Morgan fingerprint density at radius 2 is 1.74 bits per heavy atom. The molecule has 9 heteroatoms. The molecular formula is C25H27N3O5S. The predicted molar refractivity (Wildman–Crippen MR) is 131 cm³/mol. The summed E-state index contributed by atoms with van der Waals surface area (Å²) in [6, 6.07) is 18.6. The molecule has 0 bridgehead atoms. The third-order valence-electron chi connectivity index (χ3n) is 5.49. The first-order chi connectivity index (χ1) is 16.1. The van der Waals surface area contributed by atoms with Crippen LogP contribution in [0.15, 0.2) is 77.7 Å². The average molecular weight is 482 g/mol. The maximum absolute atomic E-state index is 13.4. The quantitative estimate of drug-likeness (QED) is 0.353. The summed E-state index contributed by atoms with van der Waals surface area (Å²) in [5.41, 5.74) is 2.85. The zero-order valence-electron chi connectivity index (χ0n) is 19.3. The second-order valence-electron chi connectivity index (χ2n) is 7.99. The lowest BCUT2D eigenvalue weighted by Gasteiger charge is -2.26. The molecule has 0 heterocycles. The van der Waals surface area contributed by atoms with Gasteiger partial charge in [-0.05, 0) is 49.6 Å².